The quantitative estimate of drug-likeness (QED) is 0.569. The summed E-state index contributed by atoms with van der Waals surface area (Å²) < 4.78 is 11.3. The van der Waals surface area contributed by atoms with Crippen LogP contribution >= 0.6 is 11.6 Å². The Hall–Kier alpha value is -2.38. The van der Waals surface area contributed by atoms with E-state index in [9.17, 15) is 14.4 Å². The maximum Gasteiger partial charge on any atom is 0.412 e. The molecular formula is C20H21ClN2O5. The molecular weight excluding hydrogens is 384 g/mol. The van der Waals surface area contributed by atoms with E-state index in [-0.39, 0.29) is 18.4 Å². The van der Waals surface area contributed by atoms with Gasteiger partial charge in [0, 0.05) is 12.1 Å². The number of benzene rings is 1. The molecule has 3 amide bonds. The highest BCUT2D eigenvalue weighted by Crippen LogP contribution is 2.53. The van der Waals surface area contributed by atoms with Gasteiger partial charge >= 0.3 is 6.09 Å². The fraction of sp³-hybridized carbons (Fsp3) is 0.450. The van der Waals surface area contributed by atoms with Gasteiger partial charge in [-0.3, -0.25) is 14.5 Å². The van der Waals surface area contributed by atoms with E-state index in [2.05, 4.69) is 0 Å². The Morgan fingerprint density at radius 1 is 1.29 bits per heavy atom. The number of fused-ring (bicyclic) bond motifs is 5. The molecule has 2 bridgehead atoms. The molecule has 2 saturated heterocycles. The second kappa shape index (κ2) is 6.60. The molecule has 4 unspecified atom stereocenters. The Balaban J connectivity index is 1.65. The van der Waals surface area contributed by atoms with Crippen LogP contribution in [0.25, 0.3) is 0 Å². The Kier molecular flexibility index (Phi) is 4.47. The summed E-state index contributed by atoms with van der Waals surface area (Å²) in [7, 11) is 1.53. The Morgan fingerprint density at radius 2 is 1.96 bits per heavy atom. The van der Waals surface area contributed by atoms with Gasteiger partial charge in [0.1, 0.15) is 5.92 Å². The van der Waals surface area contributed by atoms with E-state index in [4.69, 9.17) is 21.1 Å². The van der Waals surface area contributed by atoms with Crippen LogP contribution in [0.15, 0.2) is 36.4 Å². The van der Waals surface area contributed by atoms with E-state index in [1.165, 1.54) is 11.9 Å². The molecule has 2 fully saturated rings. The molecule has 0 N–H and O–H groups in total. The van der Waals surface area contributed by atoms with E-state index >= 15 is 0 Å². The van der Waals surface area contributed by atoms with Gasteiger partial charge in [-0.1, -0.05) is 31.5 Å². The summed E-state index contributed by atoms with van der Waals surface area (Å²) in [4.78, 5) is 41.3. The van der Waals surface area contributed by atoms with E-state index in [1.807, 2.05) is 13.8 Å². The van der Waals surface area contributed by atoms with Gasteiger partial charge in [0.15, 0.2) is 5.72 Å². The number of anilines is 1. The van der Waals surface area contributed by atoms with Gasteiger partial charge in [-0.05, 0) is 36.3 Å². The monoisotopic (exact) mass is 404 g/mol. The van der Waals surface area contributed by atoms with Crippen LogP contribution in [0.1, 0.15) is 13.8 Å². The second-order valence-electron chi connectivity index (χ2n) is 7.71. The molecule has 4 atom stereocenters. The van der Waals surface area contributed by atoms with Crippen LogP contribution in [0.5, 0.6) is 0 Å². The van der Waals surface area contributed by atoms with Crippen molar-refractivity contribution in [1.29, 1.82) is 0 Å². The summed E-state index contributed by atoms with van der Waals surface area (Å²) in [6.07, 6.45) is 2.28. The topological polar surface area (TPSA) is 76.2 Å². The standard InChI is InChI=1S/C20H21ClN2O5/c1-11(2)10-27-19(26)22(3)20-9-8-14(28-20)15-16(20)18(25)23(17(15)24)13-6-4-12(21)5-7-13/h4-9,11,14-16H,10H2,1-3H3. The first-order chi connectivity index (χ1) is 13.3. The van der Waals surface area contributed by atoms with E-state index in [1.54, 1.807) is 36.4 Å². The van der Waals surface area contributed by atoms with Crippen molar-refractivity contribution < 1.29 is 23.9 Å². The number of carbonyl (C=O) groups is 3. The molecule has 1 aromatic carbocycles. The third-order valence-corrected chi connectivity index (χ3v) is 5.68. The molecule has 7 nitrogen and oxygen atoms in total. The molecule has 0 aliphatic carbocycles. The van der Waals surface area contributed by atoms with E-state index < -0.39 is 35.7 Å². The maximum absolute atomic E-state index is 13.3. The normalized spacial score (nSPS) is 30.3. The fourth-order valence-corrected chi connectivity index (χ4v) is 4.20. The number of nitrogens with zero attached hydrogens (tertiary/aromatic N) is 2. The van der Waals surface area contributed by atoms with Crippen molar-refractivity contribution in [2.24, 2.45) is 17.8 Å². The zero-order valence-electron chi connectivity index (χ0n) is 15.8. The Labute approximate surface area is 167 Å². The number of likely N-dealkylation sites (N-methyl/N-ethyl adjacent to an activating group) is 1. The van der Waals surface area contributed by atoms with Crippen molar-refractivity contribution in [2.75, 3.05) is 18.6 Å². The van der Waals surface area contributed by atoms with Crippen LogP contribution in [0, 0.1) is 17.8 Å². The van der Waals surface area contributed by atoms with Gasteiger partial charge in [-0.2, -0.15) is 0 Å². The van der Waals surface area contributed by atoms with Crippen LogP contribution in [0.2, 0.25) is 5.02 Å². The SMILES string of the molecule is CC(C)COC(=O)N(C)C12C=CC(O1)C1C(=O)N(c3ccc(Cl)cc3)C(=O)C12. The largest absolute Gasteiger partial charge is 0.449 e. The van der Waals surface area contributed by atoms with Crippen molar-refractivity contribution in [2.45, 2.75) is 25.7 Å². The molecule has 148 valence electrons. The predicted octanol–water partition coefficient (Wildman–Crippen LogP) is 2.83. The Morgan fingerprint density at radius 3 is 2.61 bits per heavy atom. The number of hydrogen-bond donors (Lipinski definition) is 0. The number of rotatable bonds is 4. The molecule has 3 heterocycles. The highest BCUT2D eigenvalue weighted by atomic mass is 35.5. The first-order valence-corrected chi connectivity index (χ1v) is 9.55. The third-order valence-electron chi connectivity index (χ3n) is 5.42. The molecule has 28 heavy (non-hydrogen) atoms. The zero-order valence-corrected chi connectivity index (χ0v) is 16.6. The molecule has 1 aromatic rings. The van der Waals surface area contributed by atoms with Gasteiger partial charge in [0.05, 0.1) is 24.3 Å². The number of halogens is 1. The minimum absolute atomic E-state index is 0.175. The van der Waals surface area contributed by atoms with Crippen LogP contribution < -0.4 is 4.90 Å². The molecule has 3 aliphatic rings. The minimum atomic E-state index is -1.32. The average molecular weight is 405 g/mol. The van der Waals surface area contributed by atoms with Crippen LogP contribution in [0.3, 0.4) is 0 Å². The van der Waals surface area contributed by atoms with Gasteiger partial charge in [0.2, 0.25) is 11.8 Å². The maximum atomic E-state index is 13.3. The molecule has 0 aromatic heterocycles. The van der Waals surface area contributed by atoms with E-state index in [0.717, 1.165) is 4.90 Å². The minimum Gasteiger partial charge on any atom is -0.449 e. The zero-order chi connectivity index (χ0) is 20.2. The van der Waals surface area contributed by atoms with Gasteiger partial charge in [-0.15, -0.1) is 0 Å². The molecule has 0 saturated carbocycles. The molecule has 0 radical (unpaired) electrons. The second-order valence-corrected chi connectivity index (χ2v) is 8.15. The van der Waals surface area contributed by atoms with Crippen LogP contribution in [-0.4, -0.2) is 48.3 Å². The number of amides is 3. The summed E-state index contributed by atoms with van der Waals surface area (Å²) in [5.74, 6) is -2.05. The van der Waals surface area contributed by atoms with Crippen molar-refractivity contribution in [3.05, 3.63) is 41.4 Å². The molecule has 8 heteroatoms. The summed E-state index contributed by atoms with van der Waals surface area (Å²) in [5.41, 5.74) is -0.870. The lowest BCUT2D eigenvalue weighted by Gasteiger charge is -2.36. The number of ether oxygens (including phenoxy) is 2. The summed E-state index contributed by atoms with van der Waals surface area (Å²) >= 11 is 5.92. The third kappa shape index (κ3) is 2.64. The van der Waals surface area contributed by atoms with Gasteiger partial charge in [-0.25, -0.2) is 9.69 Å². The van der Waals surface area contributed by atoms with Crippen molar-refractivity contribution in [3.8, 4) is 0 Å². The summed E-state index contributed by atoms with van der Waals surface area (Å²) in [6, 6.07) is 6.51. The fourth-order valence-electron chi connectivity index (χ4n) is 4.08. The summed E-state index contributed by atoms with van der Waals surface area (Å²) in [6.45, 7) is 4.12. The van der Waals surface area contributed by atoms with Gasteiger partial charge in [0.25, 0.3) is 0 Å². The van der Waals surface area contributed by atoms with Crippen LogP contribution in [0.4, 0.5) is 10.5 Å². The lowest BCUT2D eigenvalue weighted by atomic mass is 9.81. The highest BCUT2D eigenvalue weighted by Gasteiger charge is 2.70. The van der Waals surface area contributed by atoms with Crippen molar-refractivity contribution in [3.63, 3.8) is 0 Å². The lowest BCUT2D eigenvalue weighted by molar-refractivity contribution is -0.134. The summed E-state index contributed by atoms with van der Waals surface area (Å²) in [5, 5.41) is 0.511. The lowest BCUT2D eigenvalue weighted by Crippen LogP contribution is -2.54. The van der Waals surface area contributed by atoms with Crippen molar-refractivity contribution >= 4 is 35.2 Å². The first-order valence-electron chi connectivity index (χ1n) is 9.17. The molecule has 4 rings (SSSR count). The highest BCUT2D eigenvalue weighted by molar-refractivity contribution is 6.31. The van der Waals surface area contributed by atoms with E-state index in [0.29, 0.717) is 10.7 Å². The number of hydrogen-bond acceptors (Lipinski definition) is 5. The van der Waals surface area contributed by atoms with Crippen molar-refractivity contribution in [1.82, 2.24) is 4.90 Å². The predicted molar refractivity (Wildman–Crippen MR) is 102 cm³/mol. The van der Waals surface area contributed by atoms with Gasteiger partial charge < -0.3 is 9.47 Å². The first kappa shape index (κ1) is 19.0. The molecule has 3 aliphatic heterocycles. The molecule has 0 spiro atoms. The number of carbonyl (C=O) groups excluding carboxylic acids is 3. The van der Waals surface area contributed by atoms with Crippen LogP contribution in [-0.2, 0) is 19.1 Å². The Bertz CT molecular complexity index is 868. The average Bonchev–Trinajstić information content (AvgIpc) is 3.31. The smallest absolute Gasteiger partial charge is 0.412 e. The number of imide groups is 1.